The quantitative estimate of drug-likeness (QED) is 0.617. The maximum Gasteiger partial charge on any atom is 0.134 e. The highest BCUT2D eigenvalue weighted by molar-refractivity contribution is 5.82. The largest absolute Gasteiger partial charge is 0.461 e. The van der Waals surface area contributed by atoms with Gasteiger partial charge in [0.25, 0.3) is 0 Å². The first-order chi connectivity index (χ1) is 8.33. The molecule has 0 aliphatic heterocycles. The maximum absolute atomic E-state index is 5.66. The third-order valence-electron chi connectivity index (χ3n) is 2.64. The molecule has 0 aliphatic carbocycles. The third-order valence-corrected chi connectivity index (χ3v) is 2.64. The summed E-state index contributed by atoms with van der Waals surface area (Å²) in [6.45, 7) is 3.71. The van der Waals surface area contributed by atoms with E-state index >= 15 is 0 Å². The highest BCUT2D eigenvalue weighted by atomic mass is 16.7. The number of hydrogen-bond donors (Lipinski definition) is 1. The van der Waals surface area contributed by atoms with E-state index in [2.05, 4.69) is 11.5 Å². The average Bonchev–Trinajstić information content (AvgIpc) is 2.65. The smallest absolute Gasteiger partial charge is 0.134 e. The molecular weight excluding hydrogens is 218 g/mol. The lowest BCUT2D eigenvalue weighted by molar-refractivity contribution is 0.00345. The Hall–Kier alpha value is -1.36. The molecule has 1 N–H and O–H groups in total. The minimum Gasteiger partial charge on any atom is -0.461 e. The van der Waals surface area contributed by atoms with Crippen molar-refractivity contribution in [1.29, 1.82) is 0 Å². The Balaban J connectivity index is 2.00. The molecule has 2 aromatic rings. The van der Waals surface area contributed by atoms with Crippen molar-refractivity contribution < 1.29 is 14.0 Å². The normalized spacial score (nSPS) is 11.2. The maximum atomic E-state index is 5.66. The Bertz CT molecular complexity index is 478. The zero-order valence-corrected chi connectivity index (χ0v) is 10.2. The molecule has 92 valence electrons. The van der Waals surface area contributed by atoms with Gasteiger partial charge in [-0.15, -0.1) is 0 Å². The molecule has 4 heteroatoms. The third kappa shape index (κ3) is 2.85. The minimum absolute atomic E-state index is 0.533. The van der Waals surface area contributed by atoms with E-state index in [1.165, 1.54) is 0 Å². The highest BCUT2D eigenvalue weighted by Crippen LogP contribution is 2.24. The fourth-order valence-corrected chi connectivity index (χ4v) is 1.76. The second-order valence-electron chi connectivity index (χ2n) is 3.80. The van der Waals surface area contributed by atoms with Crippen molar-refractivity contribution >= 4 is 11.0 Å². The van der Waals surface area contributed by atoms with Gasteiger partial charge in [-0.2, -0.15) is 5.48 Å². The van der Waals surface area contributed by atoms with Gasteiger partial charge in [0.1, 0.15) is 11.3 Å². The van der Waals surface area contributed by atoms with Gasteiger partial charge in [-0.25, -0.2) is 0 Å². The van der Waals surface area contributed by atoms with Crippen LogP contribution in [0.15, 0.2) is 28.7 Å². The van der Waals surface area contributed by atoms with Crippen LogP contribution in [0, 0.1) is 6.92 Å². The molecule has 1 heterocycles. The Morgan fingerprint density at radius 1 is 1.24 bits per heavy atom. The number of hydrogen-bond acceptors (Lipinski definition) is 4. The number of para-hydroxylation sites is 1. The Morgan fingerprint density at radius 2 is 2.06 bits per heavy atom. The number of ether oxygens (including phenoxy) is 1. The summed E-state index contributed by atoms with van der Waals surface area (Å²) in [6, 6.07) is 8.00. The van der Waals surface area contributed by atoms with Gasteiger partial charge in [0, 0.05) is 18.1 Å². The first-order valence-corrected chi connectivity index (χ1v) is 5.63. The number of methoxy groups -OCH3 is 1. The van der Waals surface area contributed by atoms with Crippen LogP contribution in [-0.4, -0.2) is 20.3 Å². The molecule has 0 fully saturated rings. The van der Waals surface area contributed by atoms with E-state index in [0.29, 0.717) is 19.8 Å². The van der Waals surface area contributed by atoms with Crippen molar-refractivity contribution in [3.05, 3.63) is 35.6 Å². The zero-order valence-electron chi connectivity index (χ0n) is 10.2. The molecule has 4 nitrogen and oxygen atoms in total. The molecule has 2 rings (SSSR count). The second-order valence-corrected chi connectivity index (χ2v) is 3.80. The predicted octanol–water partition coefficient (Wildman–Crippen LogP) is 2.41. The van der Waals surface area contributed by atoms with Crippen LogP contribution in [0.3, 0.4) is 0 Å². The zero-order chi connectivity index (χ0) is 12.1. The van der Waals surface area contributed by atoms with Crippen LogP contribution in [0.5, 0.6) is 0 Å². The number of furan rings is 1. The Morgan fingerprint density at radius 3 is 2.88 bits per heavy atom. The summed E-state index contributed by atoms with van der Waals surface area (Å²) >= 11 is 0. The molecule has 1 aromatic carbocycles. The lowest BCUT2D eigenvalue weighted by Crippen LogP contribution is -2.17. The molecule has 0 atom stereocenters. The molecule has 0 amide bonds. The van der Waals surface area contributed by atoms with Crippen LogP contribution in [0.25, 0.3) is 11.0 Å². The van der Waals surface area contributed by atoms with Gasteiger partial charge in [0.2, 0.25) is 0 Å². The van der Waals surface area contributed by atoms with Crippen molar-refractivity contribution in [3.8, 4) is 0 Å². The van der Waals surface area contributed by atoms with Gasteiger partial charge in [0.15, 0.2) is 0 Å². The SMILES string of the molecule is COCCONCc1c(C)oc2ccccc12. The number of hydroxylamine groups is 1. The van der Waals surface area contributed by atoms with E-state index in [0.717, 1.165) is 22.3 Å². The number of nitrogens with one attached hydrogen (secondary N) is 1. The average molecular weight is 235 g/mol. The fraction of sp³-hybridized carbons (Fsp3) is 0.385. The molecular formula is C13H17NO3. The first-order valence-electron chi connectivity index (χ1n) is 5.63. The van der Waals surface area contributed by atoms with Gasteiger partial charge >= 0.3 is 0 Å². The van der Waals surface area contributed by atoms with E-state index < -0.39 is 0 Å². The predicted molar refractivity (Wildman–Crippen MR) is 65.6 cm³/mol. The van der Waals surface area contributed by atoms with E-state index in [4.69, 9.17) is 14.0 Å². The molecule has 0 saturated heterocycles. The standard InChI is InChI=1S/C13H17NO3/c1-10-12(9-14-16-8-7-15-2)11-5-3-4-6-13(11)17-10/h3-6,14H,7-9H2,1-2H3. The van der Waals surface area contributed by atoms with E-state index in [9.17, 15) is 0 Å². The molecule has 0 saturated carbocycles. The number of rotatable bonds is 6. The number of aryl methyl sites for hydroxylation is 1. The molecule has 17 heavy (non-hydrogen) atoms. The van der Waals surface area contributed by atoms with Crippen LogP contribution in [0.2, 0.25) is 0 Å². The molecule has 0 bridgehead atoms. The van der Waals surface area contributed by atoms with Gasteiger partial charge < -0.3 is 9.15 Å². The molecule has 0 spiro atoms. The summed E-state index contributed by atoms with van der Waals surface area (Å²) in [5.41, 5.74) is 4.97. The summed E-state index contributed by atoms with van der Waals surface area (Å²) in [7, 11) is 1.65. The van der Waals surface area contributed by atoms with Gasteiger partial charge in [0.05, 0.1) is 19.8 Å². The van der Waals surface area contributed by atoms with Crippen LogP contribution in [0.1, 0.15) is 11.3 Å². The summed E-state index contributed by atoms with van der Waals surface area (Å²) in [4.78, 5) is 5.23. The van der Waals surface area contributed by atoms with Crippen molar-refractivity contribution in [1.82, 2.24) is 5.48 Å². The Kier molecular flexibility index (Phi) is 4.14. The summed E-state index contributed by atoms with van der Waals surface area (Å²) in [6.07, 6.45) is 0. The lowest BCUT2D eigenvalue weighted by Gasteiger charge is -2.04. The molecule has 0 radical (unpaired) electrons. The van der Waals surface area contributed by atoms with Gasteiger partial charge in [-0.3, -0.25) is 4.84 Å². The minimum atomic E-state index is 0.533. The van der Waals surface area contributed by atoms with Gasteiger partial charge in [-0.05, 0) is 13.0 Å². The van der Waals surface area contributed by atoms with Crippen LogP contribution >= 0.6 is 0 Å². The Labute approximate surface area is 100 Å². The first kappa shape index (κ1) is 12.1. The molecule has 0 unspecified atom stereocenters. The fourth-order valence-electron chi connectivity index (χ4n) is 1.76. The number of benzene rings is 1. The number of fused-ring (bicyclic) bond motifs is 1. The van der Waals surface area contributed by atoms with Crippen LogP contribution in [-0.2, 0) is 16.1 Å². The second kappa shape index (κ2) is 5.82. The van der Waals surface area contributed by atoms with Crippen molar-refractivity contribution in [3.63, 3.8) is 0 Å². The molecule has 0 aliphatic rings. The summed E-state index contributed by atoms with van der Waals surface area (Å²) in [5.74, 6) is 0.925. The van der Waals surface area contributed by atoms with Crippen LogP contribution < -0.4 is 5.48 Å². The van der Waals surface area contributed by atoms with E-state index in [1.54, 1.807) is 7.11 Å². The van der Waals surface area contributed by atoms with E-state index in [1.807, 2.05) is 25.1 Å². The molecule has 1 aromatic heterocycles. The lowest BCUT2D eigenvalue weighted by atomic mass is 10.1. The topological polar surface area (TPSA) is 43.6 Å². The highest BCUT2D eigenvalue weighted by Gasteiger charge is 2.09. The van der Waals surface area contributed by atoms with Crippen LogP contribution in [0.4, 0.5) is 0 Å². The summed E-state index contributed by atoms with van der Waals surface area (Å²) in [5, 5.41) is 1.13. The van der Waals surface area contributed by atoms with Crippen molar-refractivity contribution in [2.24, 2.45) is 0 Å². The van der Waals surface area contributed by atoms with Crippen molar-refractivity contribution in [2.45, 2.75) is 13.5 Å². The monoisotopic (exact) mass is 235 g/mol. The van der Waals surface area contributed by atoms with E-state index in [-0.39, 0.29) is 0 Å². The van der Waals surface area contributed by atoms with Gasteiger partial charge in [-0.1, -0.05) is 18.2 Å². The summed E-state index contributed by atoms with van der Waals surface area (Å²) < 4.78 is 10.5. The van der Waals surface area contributed by atoms with Crippen molar-refractivity contribution in [2.75, 3.05) is 20.3 Å².